The molecule has 2 rings (SSSR count). The largest absolute Gasteiger partial charge is 0.382 e. The number of carbonyl (C=O) groups is 1. The summed E-state index contributed by atoms with van der Waals surface area (Å²) in [6, 6.07) is 6.86. The normalized spacial score (nSPS) is 22.4. The van der Waals surface area contributed by atoms with Crippen molar-refractivity contribution < 1.29 is 4.79 Å². The lowest BCUT2D eigenvalue weighted by Gasteiger charge is -2.28. The van der Waals surface area contributed by atoms with Gasteiger partial charge >= 0.3 is 0 Å². The third-order valence-electron chi connectivity index (χ3n) is 4.06. The van der Waals surface area contributed by atoms with Gasteiger partial charge in [-0.2, -0.15) is 0 Å². The summed E-state index contributed by atoms with van der Waals surface area (Å²) in [5, 5.41) is 6.54. The Labute approximate surface area is 121 Å². The minimum atomic E-state index is 0.0499. The van der Waals surface area contributed by atoms with Gasteiger partial charge in [0.1, 0.15) is 0 Å². The van der Waals surface area contributed by atoms with Crippen molar-refractivity contribution in [2.45, 2.75) is 58.0 Å². The predicted octanol–water partition coefficient (Wildman–Crippen LogP) is 3.03. The Hall–Kier alpha value is -1.55. The molecule has 0 aliphatic heterocycles. The number of anilines is 2. The Bertz CT molecular complexity index is 465. The molecule has 1 fully saturated rings. The summed E-state index contributed by atoms with van der Waals surface area (Å²) in [6.45, 7) is 3.90. The molecular weight excluding hydrogens is 250 g/mol. The van der Waals surface area contributed by atoms with Crippen LogP contribution in [0.2, 0.25) is 0 Å². The van der Waals surface area contributed by atoms with E-state index in [1.807, 2.05) is 26.0 Å². The molecule has 0 radical (unpaired) electrons. The van der Waals surface area contributed by atoms with Gasteiger partial charge in [0, 0.05) is 29.9 Å². The molecule has 0 atom stereocenters. The first kappa shape index (κ1) is 14.9. The van der Waals surface area contributed by atoms with Crippen molar-refractivity contribution in [3.8, 4) is 0 Å². The Balaban J connectivity index is 2.04. The van der Waals surface area contributed by atoms with E-state index in [0.29, 0.717) is 18.5 Å². The zero-order chi connectivity index (χ0) is 14.5. The SMILES string of the molecule is CCC(=O)Nc1cccc(NC2CCC(N)CC2)c1C. The number of nitrogens with two attached hydrogens (primary N) is 1. The van der Waals surface area contributed by atoms with Gasteiger partial charge in [-0.1, -0.05) is 13.0 Å². The Morgan fingerprint density at radius 3 is 2.55 bits per heavy atom. The number of hydrogen-bond donors (Lipinski definition) is 3. The summed E-state index contributed by atoms with van der Waals surface area (Å²) in [4.78, 5) is 11.5. The first-order chi connectivity index (χ1) is 9.60. The zero-order valence-corrected chi connectivity index (χ0v) is 12.4. The molecule has 1 amide bonds. The quantitative estimate of drug-likeness (QED) is 0.791. The van der Waals surface area contributed by atoms with Crippen molar-refractivity contribution in [2.24, 2.45) is 5.73 Å². The van der Waals surface area contributed by atoms with Crippen LogP contribution in [0.3, 0.4) is 0 Å². The van der Waals surface area contributed by atoms with E-state index >= 15 is 0 Å². The lowest BCUT2D eigenvalue weighted by Crippen LogP contribution is -2.33. The van der Waals surface area contributed by atoms with Crippen molar-refractivity contribution in [2.75, 3.05) is 10.6 Å². The number of carbonyl (C=O) groups excluding carboxylic acids is 1. The van der Waals surface area contributed by atoms with Crippen molar-refractivity contribution in [1.82, 2.24) is 0 Å². The summed E-state index contributed by atoms with van der Waals surface area (Å²) in [6.07, 6.45) is 4.90. The fourth-order valence-corrected chi connectivity index (χ4v) is 2.65. The number of benzene rings is 1. The van der Waals surface area contributed by atoms with Crippen LogP contribution in [0.5, 0.6) is 0 Å². The Kier molecular flexibility index (Phi) is 5.01. The minimum Gasteiger partial charge on any atom is -0.382 e. The fraction of sp³-hybridized carbons (Fsp3) is 0.562. The molecule has 1 aromatic carbocycles. The first-order valence-electron chi connectivity index (χ1n) is 7.51. The van der Waals surface area contributed by atoms with Crippen LogP contribution in [0, 0.1) is 6.92 Å². The summed E-state index contributed by atoms with van der Waals surface area (Å²) in [5.74, 6) is 0.0499. The molecule has 0 spiro atoms. The molecule has 20 heavy (non-hydrogen) atoms. The molecule has 4 heteroatoms. The van der Waals surface area contributed by atoms with Gasteiger partial charge in [0.2, 0.25) is 5.91 Å². The highest BCUT2D eigenvalue weighted by molar-refractivity contribution is 5.92. The van der Waals surface area contributed by atoms with E-state index in [1.54, 1.807) is 0 Å². The zero-order valence-electron chi connectivity index (χ0n) is 12.4. The molecule has 1 aromatic rings. The second-order valence-corrected chi connectivity index (χ2v) is 5.64. The average molecular weight is 275 g/mol. The Morgan fingerprint density at radius 2 is 1.90 bits per heavy atom. The van der Waals surface area contributed by atoms with Gasteiger partial charge in [0.25, 0.3) is 0 Å². The molecule has 1 aliphatic carbocycles. The molecule has 1 aliphatic rings. The van der Waals surface area contributed by atoms with Crippen LogP contribution in [0.1, 0.15) is 44.6 Å². The van der Waals surface area contributed by atoms with Gasteiger partial charge in [-0.3, -0.25) is 4.79 Å². The molecule has 4 nitrogen and oxygen atoms in total. The lowest BCUT2D eigenvalue weighted by atomic mass is 9.91. The predicted molar refractivity (Wildman–Crippen MR) is 84.0 cm³/mol. The molecule has 0 saturated heterocycles. The maximum Gasteiger partial charge on any atom is 0.224 e. The van der Waals surface area contributed by atoms with E-state index in [2.05, 4.69) is 16.7 Å². The van der Waals surface area contributed by atoms with Gasteiger partial charge in [0.15, 0.2) is 0 Å². The topological polar surface area (TPSA) is 67.2 Å². The van der Waals surface area contributed by atoms with Gasteiger partial charge in [-0.05, 0) is 50.3 Å². The highest BCUT2D eigenvalue weighted by Crippen LogP contribution is 2.27. The standard InChI is InChI=1S/C16H25N3O/c1-3-16(20)19-15-6-4-5-14(11(15)2)18-13-9-7-12(17)8-10-13/h4-6,12-13,18H,3,7-10,17H2,1-2H3,(H,19,20). The van der Waals surface area contributed by atoms with E-state index in [4.69, 9.17) is 5.73 Å². The lowest BCUT2D eigenvalue weighted by molar-refractivity contribution is -0.115. The molecule has 0 heterocycles. The van der Waals surface area contributed by atoms with Crippen LogP contribution >= 0.6 is 0 Å². The second kappa shape index (κ2) is 6.75. The highest BCUT2D eigenvalue weighted by atomic mass is 16.1. The van der Waals surface area contributed by atoms with Crippen molar-refractivity contribution >= 4 is 17.3 Å². The molecule has 0 aromatic heterocycles. The number of rotatable bonds is 4. The molecule has 0 unspecified atom stereocenters. The minimum absolute atomic E-state index is 0.0499. The van der Waals surface area contributed by atoms with E-state index in [-0.39, 0.29) is 5.91 Å². The van der Waals surface area contributed by atoms with Crippen LogP contribution in [-0.4, -0.2) is 18.0 Å². The van der Waals surface area contributed by atoms with Gasteiger partial charge < -0.3 is 16.4 Å². The molecule has 4 N–H and O–H groups in total. The van der Waals surface area contributed by atoms with Gasteiger partial charge in [-0.25, -0.2) is 0 Å². The summed E-state index contributed by atoms with van der Waals surface area (Å²) in [5.41, 5.74) is 9.05. The summed E-state index contributed by atoms with van der Waals surface area (Å²) in [7, 11) is 0. The maximum absolute atomic E-state index is 11.5. The monoisotopic (exact) mass is 275 g/mol. The van der Waals surface area contributed by atoms with Crippen LogP contribution < -0.4 is 16.4 Å². The molecule has 0 bridgehead atoms. The van der Waals surface area contributed by atoms with Crippen LogP contribution in [0.15, 0.2) is 18.2 Å². The first-order valence-corrected chi connectivity index (χ1v) is 7.51. The Morgan fingerprint density at radius 1 is 1.25 bits per heavy atom. The molecule has 110 valence electrons. The third-order valence-corrected chi connectivity index (χ3v) is 4.06. The summed E-state index contributed by atoms with van der Waals surface area (Å²) >= 11 is 0. The number of hydrogen-bond acceptors (Lipinski definition) is 3. The number of amides is 1. The second-order valence-electron chi connectivity index (χ2n) is 5.64. The van der Waals surface area contributed by atoms with E-state index in [1.165, 1.54) is 0 Å². The fourth-order valence-electron chi connectivity index (χ4n) is 2.65. The van der Waals surface area contributed by atoms with Crippen LogP contribution in [-0.2, 0) is 4.79 Å². The average Bonchev–Trinajstić information content (AvgIpc) is 2.45. The summed E-state index contributed by atoms with van der Waals surface area (Å²) < 4.78 is 0. The van der Waals surface area contributed by atoms with Crippen molar-refractivity contribution in [1.29, 1.82) is 0 Å². The van der Waals surface area contributed by atoms with E-state index < -0.39 is 0 Å². The van der Waals surface area contributed by atoms with Gasteiger partial charge in [0.05, 0.1) is 0 Å². The number of nitrogens with one attached hydrogen (secondary N) is 2. The van der Waals surface area contributed by atoms with Gasteiger partial charge in [-0.15, -0.1) is 0 Å². The molecule has 1 saturated carbocycles. The smallest absolute Gasteiger partial charge is 0.224 e. The van der Waals surface area contributed by atoms with Crippen molar-refractivity contribution in [3.05, 3.63) is 23.8 Å². The maximum atomic E-state index is 11.5. The third kappa shape index (κ3) is 3.73. The highest BCUT2D eigenvalue weighted by Gasteiger charge is 2.19. The van der Waals surface area contributed by atoms with E-state index in [9.17, 15) is 4.79 Å². The van der Waals surface area contributed by atoms with Crippen molar-refractivity contribution in [3.63, 3.8) is 0 Å². The molecular formula is C16H25N3O. The van der Waals surface area contributed by atoms with Crippen LogP contribution in [0.4, 0.5) is 11.4 Å². The van der Waals surface area contributed by atoms with Crippen LogP contribution in [0.25, 0.3) is 0 Å². The van der Waals surface area contributed by atoms with E-state index in [0.717, 1.165) is 42.6 Å².